The highest BCUT2D eigenvalue weighted by Crippen LogP contribution is 2.38. The molecule has 0 amide bonds. The van der Waals surface area contributed by atoms with Crippen molar-refractivity contribution in [2.45, 2.75) is 24.4 Å². The average Bonchev–Trinajstić information content (AvgIpc) is 3.34. The molecule has 0 saturated carbocycles. The number of nitrogens with zero attached hydrogens (tertiary/aromatic N) is 2. The molecular weight excluding hydrogens is 490 g/mol. The van der Waals surface area contributed by atoms with Crippen LogP contribution in [0, 0.1) is 0 Å². The molecule has 5 rings (SSSR count). The lowest BCUT2D eigenvalue weighted by molar-refractivity contribution is 0.00823. The summed E-state index contributed by atoms with van der Waals surface area (Å²) in [6, 6.07) is 9.19. The van der Waals surface area contributed by atoms with Gasteiger partial charge in [0.2, 0.25) is 0 Å². The van der Waals surface area contributed by atoms with Crippen LogP contribution in [0.2, 0.25) is 5.02 Å². The lowest BCUT2D eigenvalue weighted by atomic mass is 10.1. The molecule has 2 N–H and O–H groups in total. The smallest absolute Gasteiger partial charge is 0.164 e. The van der Waals surface area contributed by atoms with Crippen LogP contribution in [0.1, 0.15) is 0 Å². The topological polar surface area (TPSA) is 95.0 Å². The molecule has 0 aliphatic carbocycles. The quantitative estimate of drug-likeness (QED) is 0.539. The van der Waals surface area contributed by atoms with Crippen LogP contribution in [0.25, 0.3) is 10.9 Å². The summed E-state index contributed by atoms with van der Waals surface area (Å²) in [5.74, 6) is 1.66. The first-order chi connectivity index (χ1) is 15.0. The molecule has 2 fully saturated rings. The van der Waals surface area contributed by atoms with Gasteiger partial charge in [0.15, 0.2) is 17.6 Å². The van der Waals surface area contributed by atoms with E-state index in [1.54, 1.807) is 19.2 Å². The van der Waals surface area contributed by atoms with Crippen molar-refractivity contribution in [3.63, 3.8) is 0 Å². The number of aliphatic hydroxyl groups excluding tert-OH is 1. The van der Waals surface area contributed by atoms with E-state index in [1.165, 1.54) is 6.33 Å². The second-order valence-electron chi connectivity index (χ2n) is 7.32. The summed E-state index contributed by atoms with van der Waals surface area (Å²) in [5, 5.41) is 14.6. The molecule has 0 radical (unpaired) electrons. The Kier molecular flexibility index (Phi) is 5.61. The number of fused-ring (bicyclic) bond motifs is 2. The van der Waals surface area contributed by atoms with Crippen LogP contribution < -0.4 is 14.8 Å². The molecule has 2 saturated heterocycles. The van der Waals surface area contributed by atoms with Crippen molar-refractivity contribution < 1.29 is 24.1 Å². The maximum absolute atomic E-state index is 9.94. The molecule has 0 unspecified atom stereocenters. The third kappa shape index (κ3) is 3.92. The minimum atomic E-state index is -0.634. The van der Waals surface area contributed by atoms with Crippen LogP contribution >= 0.6 is 27.5 Å². The number of aliphatic hydroxyl groups is 1. The van der Waals surface area contributed by atoms with Gasteiger partial charge >= 0.3 is 0 Å². The monoisotopic (exact) mass is 507 g/mol. The molecule has 162 valence electrons. The molecule has 3 heterocycles. The third-order valence-corrected chi connectivity index (χ3v) is 6.60. The summed E-state index contributed by atoms with van der Waals surface area (Å²) in [6.45, 7) is 0.570. The van der Waals surface area contributed by atoms with Crippen molar-refractivity contribution in [1.82, 2.24) is 9.97 Å². The van der Waals surface area contributed by atoms with Gasteiger partial charge in [0.1, 0.15) is 30.5 Å². The van der Waals surface area contributed by atoms with Crippen molar-refractivity contribution in [1.29, 1.82) is 0 Å². The number of hydrogen-bond donors (Lipinski definition) is 2. The minimum Gasteiger partial charge on any atom is -0.493 e. The third-order valence-electron chi connectivity index (χ3n) is 5.36. The number of ether oxygens (including phenoxy) is 4. The fraction of sp³-hybridized carbons (Fsp3) is 0.333. The van der Waals surface area contributed by atoms with Crippen LogP contribution in [0.5, 0.6) is 11.5 Å². The number of hydrogen-bond acceptors (Lipinski definition) is 8. The van der Waals surface area contributed by atoms with Gasteiger partial charge in [-0.3, -0.25) is 0 Å². The lowest BCUT2D eigenvalue weighted by Gasteiger charge is -2.20. The summed E-state index contributed by atoms with van der Waals surface area (Å²) in [6.07, 6.45) is -0.192. The molecular formula is C21H19BrClN3O5. The van der Waals surface area contributed by atoms with E-state index in [9.17, 15) is 5.11 Å². The predicted octanol–water partition coefficient (Wildman–Crippen LogP) is 3.70. The van der Waals surface area contributed by atoms with E-state index < -0.39 is 6.10 Å². The predicted molar refractivity (Wildman–Crippen MR) is 118 cm³/mol. The first kappa shape index (κ1) is 20.7. The molecule has 31 heavy (non-hydrogen) atoms. The Bertz CT molecular complexity index is 1130. The Morgan fingerprint density at radius 2 is 1.97 bits per heavy atom. The normalized spacial score (nSPS) is 24.9. The molecule has 8 nitrogen and oxygen atoms in total. The van der Waals surface area contributed by atoms with Gasteiger partial charge in [-0.15, -0.1) is 0 Å². The highest BCUT2D eigenvalue weighted by molar-refractivity contribution is 9.10. The Balaban J connectivity index is 1.45. The molecule has 0 bridgehead atoms. The van der Waals surface area contributed by atoms with E-state index in [0.717, 1.165) is 15.5 Å². The largest absolute Gasteiger partial charge is 0.493 e. The number of halogens is 2. The Morgan fingerprint density at radius 3 is 2.77 bits per heavy atom. The van der Waals surface area contributed by atoms with Crippen LogP contribution in [-0.2, 0) is 9.47 Å². The first-order valence-electron chi connectivity index (χ1n) is 9.66. The minimum absolute atomic E-state index is 0.242. The summed E-state index contributed by atoms with van der Waals surface area (Å²) in [4.78, 5) is 8.75. The van der Waals surface area contributed by atoms with Gasteiger partial charge in [-0.2, -0.15) is 0 Å². The maximum Gasteiger partial charge on any atom is 0.164 e. The second-order valence-corrected chi connectivity index (χ2v) is 8.58. The van der Waals surface area contributed by atoms with Crippen molar-refractivity contribution in [2.24, 2.45) is 0 Å². The molecule has 2 aromatic carbocycles. The molecule has 1 aromatic heterocycles. The summed E-state index contributed by atoms with van der Waals surface area (Å²) in [7, 11) is 1.57. The van der Waals surface area contributed by atoms with Gasteiger partial charge in [-0.1, -0.05) is 11.6 Å². The van der Waals surface area contributed by atoms with Crippen LogP contribution in [-0.4, -0.2) is 59.8 Å². The first-order valence-corrected chi connectivity index (χ1v) is 10.8. The van der Waals surface area contributed by atoms with Crippen molar-refractivity contribution in [3.05, 3.63) is 46.2 Å². The van der Waals surface area contributed by atoms with E-state index >= 15 is 0 Å². The van der Waals surface area contributed by atoms with Gasteiger partial charge in [-0.05, 0) is 40.2 Å². The van der Waals surface area contributed by atoms with Gasteiger partial charge in [0.25, 0.3) is 0 Å². The number of benzene rings is 2. The summed E-state index contributed by atoms with van der Waals surface area (Å²) in [5.41, 5.74) is 1.47. The zero-order chi connectivity index (χ0) is 21.5. The molecule has 2 aliphatic rings. The summed E-state index contributed by atoms with van der Waals surface area (Å²) >= 11 is 9.59. The van der Waals surface area contributed by atoms with Gasteiger partial charge in [0.05, 0.1) is 30.9 Å². The zero-order valence-electron chi connectivity index (χ0n) is 16.4. The van der Waals surface area contributed by atoms with Crippen molar-refractivity contribution in [3.8, 4) is 11.5 Å². The fourth-order valence-corrected chi connectivity index (χ4v) is 4.26. The molecule has 0 spiro atoms. The zero-order valence-corrected chi connectivity index (χ0v) is 18.8. The van der Waals surface area contributed by atoms with Crippen molar-refractivity contribution in [2.75, 3.05) is 25.6 Å². The number of anilines is 2. The van der Waals surface area contributed by atoms with Crippen molar-refractivity contribution >= 4 is 49.9 Å². The van der Waals surface area contributed by atoms with E-state index in [4.69, 9.17) is 30.5 Å². The maximum atomic E-state index is 9.94. The van der Waals surface area contributed by atoms with Crippen LogP contribution in [0.15, 0.2) is 41.1 Å². The average molecular weight is 509 g/mol. The molecule has 10 heteroatoms. The van der Waals surface area contributed by atoms with Gasteiger partial charge in [-0.25, -0.2) is 9.97 Å². The van der Waals surface area contributed by atoms with E-state index in [0.29, 0.717) is 34.5 Å². The Hall–Kier alpha value is -2.17. The number of aromatic nitrogens is 2. The fourth-order valence-electron chi connectivity index (χ4n) is 3.83. The van der Waals surface area contributed by atoms with E-state index in [-0.39, 0.29) is 24.9 Å². The molecule has 2 aliphatic heterocycles. The van der Waals surface area contributed by atoms with Gasteiger partial charge in [0, 0.05) is 21.6 Å². The number of nitrogens with one attached hydrogen (secondary N) is 1. The highest BCUT2D eigenvalue weighted by atomic mass is 79.9. The van der Waals surface area contributed by atoms with E-state index in [2.05, 4.69) is 31.2 Å². The molecule has 3 aromatic rings. The van der Waals surface area contributed by atoms with E-state index in [1.807, 2.05) is 18.2 Å². The highest BCUT2D eigenvalue weighted by Gasteiger charge is 2.48. The van der Waals surface area contributed by atoms with Crippen LogP contribution in [0.3, 0.4) is 0 Å². The molecule has 4 atom stereocenters. The number of methoxy groups -OCH3 is 1. The number of rotatable bonds is 5. The SMILES string of the molecule is COc1cc2c(Nc3ccc(Br)c(Cl)c3)ncnc2cc1O[C@H]1CO[C@H]2[C@H]1OC[C@H]2O. The summed E-state index contributed by atoms with van der Waals surface area (Å²) < 4.78 is 23.8. The van der Waals surface area contributed by atoms with Gasteiger partial charge < -0.3 is 29.4 Å². The Labute approximate surface area is 191 Å². The standard InChI is InChI=1S/C21H19BrClN3O5/c1-28-16-5-11-14(6-17(16)31-18-8-30-19-15(27)7-29-20(18)19)24-9-25-21(11)26-10-2-3-12(22)13(23)4-10/h2-6,9,15,18-20,27H,7-8H2,1H3,(H,24,25,26)/t15-,18+,19-,20+/m1/s1. The second kappa shape index (κ2) is 8.40. The Morgan fingerprint density at radius 1 is 1.13 bits per heavy atom. The lowest BCUT2D eigenvalue weighted by Crippen LogP contribution is -2.34. The van der Waals surface area contributed by atoms with Crippen LogP contribution in [0.4, 0.5) is 11.5 Å².